The number of nitrogens with zero attached hydrogens (tertiary/aromatic N) is 2. The zero-order valence-electron chi connectivity index (χ0n) is 13.3. The van der Waals surface area contributed by atoms with Gasteiger partial charge in [0.25, 0.3) is 5.91 Å². The topological polar surface area (TPSA) is 60.9 Å². The van der Waals surface area contributed by atoms with Crippen molar-refractivity contribution < 1.29 is 14.7 Å². The van der Waals surface area contributed by atoms with Crippen LogP contribution < -0.4 is 0 Å². The van der Waals surface area contributed by atoms with Gasteiger partial charge in [-0.1, -0.05) is 13.8 Å². The Morgan fingerprint density at radius 2 is 1.90 bits per heavy atom. The van der Waals surface area contributed by atoms with Crippen molar-refractivity contribution in [2.45, 2.75) is 52.1 Å². The number of carbonyl (C=O) groups is 2. The fraction of sp³-hybridized carbons (Fsp3) is 0.875. The van der Waals surface area contributed by atoms with Crippen molar-refractivity contribution in [3.05, 3.63) is 0 Å². The molecule has 2 fully saturated rings. The summed E-state index contributed by atoms with van der Waals surface area (Å²) in [7, 11) is 0. The van der Waals surface area contributed by atoms with E-state index in [0.29, 0.717) is 25.4 Å². The third kappa shape index (κ3) is 4.19. The van der Waals surface area contributed by atoms with Crippen molar-refractivity contribution in [1.29, 1.82) is 0 Å². The van der Waals surface area contributed by atoms with E-state index in [1.165, 1.54) is 0 Å². The predicted octanol–water partition coefficient (Wildman–Crippen LogP) is 1.25. The van der Waals surface area contributed by atoms with E-state index in [4.69, 9.17) is 0 Å². The Balaban J connectivity index is 1.78. The van der Waals surface area contributed by atoms with E-state index in [1.807, 2.05) is 18.7 Å². The fourth-order valence-corrected chi connectivity index (χ4v) is 3.17. The summed E-state index contributed by atoms with van der Waals surface area (Å²) >= 11 is 0. The van der Waals surface area contributed by atoms with E-state index in [2.05, 4.69) is 0 Å². The summed E-state index contributed by atoms with van der Waals surface area (Å²) in [5, 5.41) is 9.86. The summed E-state index contributed by atoms with van der Waals surface area (Å²) in [6.07, 6.45) is 3.81. The number of carbonyl (C=O) groups excluding carboxylic acids is 2. The second-order valence-electron chi connectivity index (χ2n) is 6.75. The molecule has 1 atom stereocenters. The van der Waals surface area contributed by atoms with Crippen LogP contribution in [0.25, 0.3) is 0 Å². The van der Waals surface area contributed by atoms with Gasteiger partial charge >= 0.3 is 0 Å². The molecule has 2 aliphatic heterocycles. The number of hydrogen-bond donors (Lipinski definition) is 1. The van der Waals surface area contributed by atoms with E-state index in [1.54, 1.807) is 4.90 Å². The molecule has 2 rings (SSSR count). The van der Waals surface area contributed by atoms with Crippen LogP contribution in [0.5, 0.6) is 0 Å². The van der Waals surface area contributed by atoms with Gasteiger partial charge in [-0.3, -0.25) is 9.59 Å². The van der Waals surface area contributed by atoms with Gasteiger partial charge in [0, 0.05) is 32.6 Å². The van der Waals surface area contributed by atoms with Crippen molar-refractivity contribution in [3.63, 3.8) is 0 Å². The first-order valence-electron chi connectivity index (χ1n) is 8.23. The van der Waals surface area contributed by atoms with Crippen molar-refractivity contribution >= 4 is 11.8 Å². The fourth-order valence-electron chi connectivity index (χ4n) is 3.17. The van der Waals surface area contributed by atoms with Crippen molar-refractivity contribution in [2.24, 2.45) is 11.8 Å². The van der Waals surface area contributed by atoms with Crippen molar-refractivity contribution in [3.8, 4) is 0 Å². The Morgan fingerprint density at radius 1 is 1.24 bits per heavy atom. The quantitative estimate of drug-likeness (QED) is 0.849. The molecule has 0 aliphatic carbocycles. The minimum atomic E-state index is -0.884. The zero-order valence-corrected chi connectivity index (χ0v) is 13.3. The standard InChI is InChI=1S/C16H28N2O3/c1-12(2)15(20)16(21)17-9-6-13(7-10-17)11-18-8-4-3-5-14(18)19/h12-13,15,20H,3-11H2,1-2H3/t15-/m0/s1. The largest absolute Gasteiger partial charge is 0.383 e. The molecule has 0 aromatic carbocycles. The Kier molecular flexibility index (Phi) is 5.62. The van der Waals surface area contributed by atoms with Crippen LogP contribution in [-0.4, -0.2) is 59.0 Å². The van der Waals surface area contributed by atoms with E-state index in [9.17, 15) is 14.7 Å². The van der Waals surface area contributed by atoms with Crippen molar-refractivity contribution in [1.82, 2.24) is 9.80 Å². The maximum absolute atomic E-state index is 12.1. The maximum atomic E-state index is 12.1. The van der Waals surface area contributed by atoms with Crippen LogP contribution in [0.2, 0.25) is 0 Å². The molecule has 2 saturated heterocycles. The van der Waals surface area contributed by atoms with Crippen LogP contribution in [0.1, 0.15) is 46.0 Å². The Bertz CT molecular complexity index is 376. The first kappa shape index (κ1) is 16.3. The molecule has 2 aliphatic rings. The second-order valence-corrected chi connectivity index (χ2v) is 6.75. The van der Waals surface area contributed by atoms with Gasteiger partial charge in [0.05, 0.1) is 0 Å². The highest BCUT2D eigenvalue weighted by molar-refractivity contribution is 5.81. The molecule has 0 aromatic heterocycles. The van der Waals surface area contributed by atoms with Gasteiger partial charge in [-0.05, 0) is 37.5 Å². The predicted molar refractivity (Wildman–Crippen MR) is 80.6 cm³/mol. The van der Waals surface area contributed by atoms with Gasteiger partial charge in [-0.25, -0.2) is 0 Å². The molecule has 0 spiro atoms. The SMILES string of the molecule is CC(C)[C@H](O)C(=O)N1CCC(CN2CCCCC2=O)CC1. The van der Waals surface area contributed by atoms with Gasteiger partial charge in [-0.2, -0.15) is 0 Å². The van der Waals surface area contributed by atoms with Crippen LogP contribution >= 0.6 is 0 Å². The number of aliphatic hydroxyl groups is 1. The molecular weight excluding hydrogens is 268 g/mol. The van der Waals surface area contributed by atoms with Gasteiger partial charge in [0.2, 0.25) is 5.91 Å². The summed E-state index contributed by atoms with van der Waals surface area (Å²) in [5.41, 5.74) is 0. The Labute approximate surface area is 127 Å². The maximum Gasteiger partial charge on any atom is 0.251 e. The van der Waals surface area contributed by atoms with Gasteiger partial charge in [0.15, 0.2) is 0 Å². The van der Waals surface area contributed by atoms with E-state index in [0.717, 1.165) is 38.8 Å². The number of likely N-dealkylation sites (tertiary alicyclic amines) is 2. The van der Waals surface area contributed by atoms with Gasteiger partial charge in [-0.15, -0.1) is 0 Å². The smallest absolute Gasteiger partial charge is 0.251 e. The molecular formula is C16H28N2O3. The van der Waals surface area contributed by atoms with E-state index in [-0.39, 0.29) is 17.7 Å². The highest BCUT2D eigenvalue weighted by Gasteiger charge is 2.30. The number of rotatable bonds is 4. The third-order valence-corrected chi connectivity index (χ3v) is 4.71. The summed E-state index contributed by atoms with van der Waals surface area (Å²) in [5.74, 6) is 0.598. The molecule has 120 valence electrons. The van der Waals surface area contributed by atoms with Crippen molar-refractivity contribution in [2.75, 3.05) is 26.2 Å². The highest BCUT2D eigenvalue weighted by atomic mass is 16.3. The summed E-state index contributed by atoms with van der Waals surface area (Å²) in [6, 6.07) is 0. The van der Waals surface area contributed by atoms with Crippen LogP contribution in [0.15, 0.2) is 0 Å². The number of hydrogen-bond acceptors (Lipinski definition) is 3. The Hall–Kier alpha value is -1.10. The molecule has 1 N–H and O–H groups in total. The lowest BCUT2D eigenvalue weighted by Gasteiger charge is -2.37. The minimum Gasteiger partial charge on any atom is -0.383 e. The molecule has 0 radical (unpaired) electrons. The normalized spacial score (nSPS) is 22.8. The molecule has 0 saturated carbocycles. The zero-order chi connectivity index (χ0) is 15.4. The lowest BCUT2D eigenvalue weighted by atomic mass is 9.94. The lowest BCUT2D eigenvalue weighted by Crippen LogP contribution is -2.47. The number of piperidine rings is 2. The molecule has 2 heterocycles. The summed E-state index contributed by atoms with van der Waals surface area (Å²) in [6.45, 7) is 6.86. The van der Waals surface area contributed by atoms with Gasteiger partial charge < -0.3 is 14.9 Å². The van der Waals surface area contributed by atoms with Crippen LogP contribution in [0.3, 0.4) is 0 Å². The molecule has 2 amide bonds. The molecule has 21 heavy (non-hydrogen) atoms. The van der Waals surface area contributed by atoms with Crippen LogP contribution in [-0.2, 0) is 9.59 Å². The average molecular weight is 296 g/mol. The van der Waals surface area contributed by atoms with Gasteiger partial charge in [0.1, 0.15) is 6.10 Å². The average Bonchev–Trinajstić information content (AvgIpc) is 2.49. The molecule has 0 unspecified atom stereocenters. The van der Waals surface area contributed by atoms with Crippen LogP contribution in [0, 0.1) is 11.8 Å². The second kappa shape index (κ2) is 7.25. The monoisotopic (exact) mass is 296 g/mol. The van der Waals surface area contributed by atoms with Crippen LogP contribution in [0.4, 0.5) is 0 Å². The first-order chi connectivity index (χ1) is 9.99. The third-order valence-electron chi connectivity index (χ3n) is 4.71. The van der Waals surface area contributed by atoms with E-state index < -0.39 is 6.10 Å². The number of aliphatic hydroxyl groups excluding tert-OH is 1. The van der Waals surface area contributed by atoms with E-state index >= 15 is 0 Å². The molecule has 0 aromatic rings. The molecule has 5 heteroatoms. The highest BCUT2D eigenvalue weighted by Crippen LogP contribution is 2.22. The molecule has 0 bridgehead atoms. The Morgan fingerprint density at radius 3 is 2.48 bits per heavy atom. The summed E-state index contributed by atoms with van der Waals surface area (Å²) < 4.78 is 0. The molecule has 5 nitrogen and oxygen atoms in total. The number of amides is 2. The summed E-state index contributed by atoms with van der Waals surface area (Å²) in [4.78, 5) is 27.7. The lowest BCUT2D eigenvalue weighted by molar-refractivity contribution is -0.144. The minimum absolute atomic E-state index is 0.0406. The first-order valence-corrected chi connectivity index (χ1v) is 8.23.